The van der Waals surface area contributed by atoms with Crippen molar-refractivity contribution in [1.82, 2.24) is 49.0 Å². The van der Waals surface area contributed by atoms with Gasteiger partial charge in [-0.1, -0.05) is 334 Å². The van der Waals surface area contributed by atoms with Crippen LogP contribution in [0.5, 0.6) is 0 Å². The lowest BCUT2D eigenvalue weighted by Gasteiger charge is -2.15. The molecule has 0 atom stereocenters. The van der Waals surface area contributed by atoms with Gasteiger partial charge in [-0.25, -0.2) is 29.9 Å². The van der Waals surface area contributed by atoms with Crippen LogP contribution < -0.4 is 0 Å². The van der Waals surface area contributed by atoms with E-state index in [1.165, 1.54) is 73.1 Å². The normalized spacial score (nSPS) is 11.5. The number of para-hydroxylation sites is 4. The Kier molecular flexibility index (Phi) is 20.4. The molecular weight excluding hydrogens is 1690 g/mol. The number of hydrogen-bond acceptors (Lipinski definition) is 10. The molecule has 8 aromatic heterocycles. The first-order chi connectivity index (χ1) is 67.4. The van der Waals surface area contributed by atoms with E-state index in [0.717, 1.165) is 145 Å². The fraction of sp³-hybridized carbons (Fsp3) is 0. The molecule has 0 aliphatic carbocycles. The summed E-state index contributed by atoms with van der Waals surface area (Å²) in [5, 5.41) is 9.72. The molecule has 0 N–H and O–H groups in total. The quantitative estimate of drug-likeness (QED) is 0.0940. The van der Waals surface area contributed by atoms with Crippen molar-refractivity contribution in [3.8, 4) is 169 Å². The Labute approximate surface area is 792 Å². The number of rotatable bonds is 16. The summed E-state index contributed by atoms with van der Waals surface area (Å²) in [6.07, 6.45) is 4.04. The summed E-state index contributed by atoms with van der Waals surface area (Å²) in [4.78, 5) is 42.4. The van der Waals surface area contributed by atoms with E-state index in [4.69, 9.17) is 39.9 Å². The van der Waals surface area contributed by atoms with Crippen LogP contribution in [0.4, 0.5) is 0 Å². The minimum absolute atomic E-state index is 0.548. The molecule has 12 heteroatoms. The highest BCUT2D eigenvalue weighted by Crippen LogP contribution is 2.51. The maximum Gasteiger partial charge on any atom is 0.166 e. The zero-order valence-corrected chi connectivity index (χ0v) is 75.0. The number of pyridine rings is 2. The average molecular weight is 1770 g/mol. The third kappa shape index (κ3) is 14.8. The topological polar surface area (TPSA) is 113 Å². The smallest absolute Gasteiger partial charge is 0.166 e. The Morgan fingerprint density at radius 2 is 0.471 bits per heavy atom. The highest BCUT2D eigenvalue weighted by atomic mass is 32.1. The Morgan fingerprint density at radius 1 is 0.162 bits per heavy atom. The minimum Gasteiger partial charge on any atom is -0.309 e. The standard InChI is InChI=1S/2C62H39N5S/c1-6-19-40(20-7-1)44-35-45(41-21-8-2-9-22-41)37-46(36-44)47-38-51(62-65-60(42-23-10-3-11-24-42)64-61(66-62)43-25-12-4-13-26-43)59(63-39-47)50-30-18-32-54-57(50)58-55(68-54)34-33-53-56(58)49-29-16-17-31-52(49)67(53)48-27-14-5-15-28-48;1-6-18-40(19-7-1)45-34-46(41-20-8-2-9-21-41)36-47(35-45)48-38-52(62-65-60(42-22-10-3-11-23-42)64-61(66-62)43-24-12-4-13-25-43)59(63-39-48)44-30-32-55-51(37-44)58-56(68-55)33-31-54-57(58)50-28-16-17-29-53(50)67(54)49-26-14-5-15-27-49/h2*1-39H. The monoisotopic (exact) mass is 1770 g/mol. The molecule has 0 radical (unpaired) electrons. The van der Waals surface area contributed by atoms with Gasteiger partial charge < -0.3 is 9.13 Å². The molecule has 0 bridgehead atoms. The Morgan fingerprint density at radius 3 is 0.875 bits per heavy atom. The van der Waals surface area contributed by atoms with Crippen molar-refractivity contribution in [2.45, 2.75) is 0 Å². The van der Waals surface area contributed by atoms with Crippen LogP contribution in [0, 0.1) is 0 Å². The first kappa shape index (κ1) is 80.4. The van der Waals surface area contributed by atoms with Crippen LogP contribution in [0.1, 0.15) is 0 Å². The largest absolute Gasteiger partial charge is 0.309 e. The van der Waals surface area contributed by atoms with E-state index in [1.54, 1.807) is 0 Å². The van der Waals surface area contributed by atoms with Crippen LogP contribution in [-0.4, -0.2) is 49.0 Å². The minimum atomic E-state index is 0.548. The van der Waals surface area contributed by atoms with Gasteiger partial charge in [0, 0.05) is 141 Å². The number of benzene rings is 18. The van der Waals surface area contributed by atoms with Crippen molar-refractivity contribution in [1.29, 1.82) is 0 Å². The lowest BCUT2D eigenvalue weighted by atomic mass is 9.92. The number of nitrogens with zero attached hydrogens (tertiary/aromatic N) is 10. The zero-order valence-electron chi connectivity index (χ0n) is 73.3. The Hall–Kier alpha value is -17.7. The van der Waals surface area contributed by atoms with Crippen molar-refractivity contribution in [3.05, 3.63) is 473 Å². The van der Waals surface area contributed by atoms with Crippen molar-refractivity contribution in [2.24, 2.45) is 0 Å². The molecule has 0 saturated heterocycles. The molecule has 26 aromatic rings. The lowest BCUT2D eigenvalue weighted by Crippen LogP contribution is -2.02. The van der Waals surface area contributed by atoms with E-state index in [-0.39, 0.29) is 0 Å². The van der Waals surface area contributed by atoms with Crippen molar-refractivity contribution >= 4 is 107 Å². The molecule has 18 aromatic carbocycles. The van der Waals surface area contributed by atoms with Crippen LogP contribution in [0.25, 0.3) is 253 Å². The summed E-state index contributed by atoms with van der Waals surface area (Å²) < 4.78 is 9.65. The van der Waals surface area contributed by atoms with E-state index in [1.807, 2.05) is 108 Å². The highest BCUT2D eigenvalue weighted by Gasteiger charge is 2.28. The Balaban J connectivity index is 0.000000145. The predicted molar refractivity (Wildman–Crippen MR) is 566 cm³/mol. The van der Waals surface area contributed by atoms with Gasteiger partial charge in [0.1, 0.15) is 0 Å². The lowest BCUT2D eigenvalue weighted by molar-refractivity contribution is 1.07. The molecule has 0 aliphatic rings. The third-order valence-corrected chi connectivity index (χ3v) is 28.0. The summed E-state index contributed by atoms with van der Waals surface area (Å²) in [6, 6.07) is 162. The molecule has 0 amide bonds. The van der Waals surface area contributed by atoms with Crippen LogP contribution in [0.3, 0.4) is 0 Å². The van der Waals surface area contributed by atoms with E-state index < -0.39 is 0 Å². The van der Waals surface area contributed by atoms with Crippen LogP contribution in [0.15, 0.2) is 473 Å². The molecule has 26 rings (SSSR count). The summed E-state index contributed by atoms with van der Waals surface area (Å²) >= 11 is 3.65. The second kappa shape index (κ2) is 34.6. The van der Waals surface area contributed by atoms with Crippen LogP contribution >= 0.6 is 22.7 Å². The number of hydrogen-bond donors (Lipinski definition) is 0. The van der Waals surface area contributed by atoms with Gasteiger partial charge in [-0.2, -0.15) is 0 Å². The molecule has 0 spiro atoms. The van der Waals surface area contributed by atoms with E-state index >= 15 is 0 Å². The SMILES string of the molecule is c1ccc(-c2cc(-c3ccccc3)cc(-c3cnc(-c4ccc5sc6ccc7c(c8ccccc8n7-c7ccccc7)c6c5c4)c(-c4nc(-c5ccccc5)nc(-c5ccccc5)n4)c3)c2)cc1.c1ccc(-c2cc(-c3ccccc3)cc(-c3cnc(-c4cccc5sc6ccc7c(c8ccccc8n7-c7ccccc7)c6c45)c(-c4nc(-c5ccccc5)nc(-c5ccccc5)n4)c3)c2)cc1. The highest BCUT2D eigenvalue weighted by molar-refractivity contribution is 7.26. The molecule has 0 unspecified atom stereocenters. The van der Waals surface area contributed by atoms with Crippen molar-refractivity contribution in [2.75, 3.05) is 0 Å². The van der Waals surface area contributed by atoms with Crippen LogP contribution in [-0.2, 0) is 0 Å². The fourth-order valence-electron chi connectivity index (χ4n) is 19.4. The fourth-order valence-corrected chi connectivity index (χ4v) is 21.6. The summed E-state index contributed by atoms with van der Waals surface area (Å²) in [7, 11) is 0. The summed E-state index contributed by atoms with van der Waals surface area (Å²) in [5.74, 6) is 3.48. The van der Waals surface area contributed by atoms with E-state index in [0.29, 0.717) is 34.9 Å². The van der Waals surface area contributed by atoms with Crippen LogP contribution in [0.2, 0.25) is 0 Å². The Bertz CT molecular complexity index is 8820. The first-order valence-corrected chi connectivity index (χ1v) is 47.2. The van der Waals surface area contributed by atoms with Gasteiger partial charge in [-0.05, 0) is 183 Å². The van der Waals surface area contributed by atoms with Gasteiger partial charge in [0.25, 0.3) is 0 Å². The second-order valence-corrected chi connectivity index (χ2v) is 36.2. The molecule has 636 valence electrons. The number of fused-ring (bicyclic) bond motifs is 14. The van der Waals surface area contributed by atoms with Gasteiger partial charge in [0.15, 0.2) is 34.9 Å². The first-order valence-electron chi connectivity index (χ1n) is 45.6. The maximum absolute atomic E-state index is 5.54. The third-order valence-electron chi connectivity index (χ3n) is 25.7. The number of thiophene rings is 2. The molecule has 10 nitrogen and oxygen atoms in total. The van der Waals surface area contributed by atoms with Gasteiger partial charge in [-0.15, -0.1) is 22.7 Å². The summed E-state index contributed by atoms with van der Waals surface area (Å²) in [5.41, 5.74) is 28.9. The van der Waals surface area contributed by atoms with Gasteiger partial charge >= 0.3 is 0 Å². The zero-order chi connectivity index (χ0) is 89.9. The predicted octanol–water partition coefficient (Wildman–Crippen LogP) is 32.8. The second-order valence-electron chi connectivity index (χ2n) is 34.0. The molecule has 0 saturated carbocycles. The van der Waals surface area contributed by atoms with Crippen molar-refractivity contribution < 1.29 is 0 Å². The molecule has 136 heavy (non-hydrogen) atoms. The van der Waals surface area contributed by atoms with E-state index in [2.05, 4.69) is 397 Å². The molecule has 0 fully saturated rings. The molecule has 0 aliphatic heterocycles. The summed E-state index contributed by atoms with van der Waals surface area (Å²) in [6.45, 7) is 0. The van der Waals surface area contributed by atoms with Crippen molar-refractivity contribution in [3.63, 3.8) is 0 Å². The molecular formula is C124H78N10S2. The van der Waals surface area contributed by atoms with Gasteiger partial charge in [0.2, 0.25) is 0 Å². The maximum atomic E-state index is 5.54. The van der Waals surface area contributed by atoms with Gasteiger partial charge in [0.05, 0.1) is 33.5 Å². The van der Waals surface area contributed by atoms with Gasteiger partial charge in [-0.3, -0.25) is 9.97 Å². The van der Waals surface area contributed by atoms with E-state index in [9.17, 15) is 0 Å². The molecule has 8 heterocycles. The number of aromatic nitrogens is 10. The average Bonchev–Trinajstić information content (AvgIpc) is 1.56.